The second kappa shape index (κ2) is 6.37. The molecule has 1 aromatic carbocycles. The zero-order valence-corrected chi connectivity index (χ0v) is 13.4. The third-order valence-corrected chi connectivity index (χ3v) is 4.96. The Morgan fingerprint density at radius 1 is 1.29 bits per heavy atom. The molecule has 3 heteroatoms. The fourth-order valence-electron chi connectivity index (χ4n) is 3.73. The molecule has 1 aromatic rings. The van der Waals surface area contributed by atoms with E-state index in [0.717, 1.165) is 31.7 Å². The molecule has 1 fully saturated rings. The van der Waals surface area contributed by atoms with Crippen LogP contribution in [0.3, 0.4) is 0 Å². The van der Waals surface area contributed by atoms with Crippen LogP contribution in [0.4, 0.5) is 0 Å². The van der Waals surface area contributed by atoms with E-state index >= 15 is 0 Å². The first kappa shape index (κ1) is 14.9. The lowest BCUT2D eigenvalue weighted by atomic mass is 9.82. The lowest BCUT2D eigenvalue weighted by molar-refractivity contribution is 0.0172. The maximum Gasteiger partial charge on any atom is 0.124 e. The molecule has 2 aliphatic heterocycles. The monoisotopic (exact) mass is 288 g/mol. The first-order valence-electron chi connectivity index (χ1n) is 8.42. The van der Waals surface area contributed by atoms with Crippen molar-refractivity contribution in [3.05, 3.63) is 29.8 Å². The number of fused-ring (bicyclic) bond motifs is 1. The summed E-state index contributed by atoms with van der Waals surface area (Å²) < 4.78 is 6.53. The van der Waals surface area contributed by atoms with Crippen molar-refractivity contribution < 1.29 is 4.74 Å². The molecule has 2 aliphatic rings. The number of likely N-dealkylation sites (tertiary alicyclic amines) is 1. The topological polar surface area (TPSA) is 24.5 Å². The smallest absolute Gasteiger partial charge is 0.124 e. The Morgan fingerprint density at radius 2 is 2.14 bits per heavy atom. The van der Waals surface area contributed by atoms with Crippen molar-refractivity contribution in [2.75, 3.05) is 26.7 Å². The number of para-hydroxylation sites is 1. The number of nitrogens with zero attached hydrogens (tertiary/aromatic N) is 1. The zero-order valence-electron chi connectivity index (χ0n) is 13.4. The molecule has 2 unspecified atom stereocenters. The van der Waals surface area contributed by atoms with E-state index in [-0.39, 0.29) is 5.60 Å². The lowest BCUT2D eigenvalue weighted by Gasteiger charge is -2.42. The van der Waals surface area contributed by atoms with E-state index in [1.54, 1.807) is 0 Å². The Kier molecular flexibility index (Phi) is 4.51. The quantitative estimate of drug-likeness (QED) is 0.923. The maximum atomic E-state index is 6.53. The van der Waals surface area contributed by atoms with E-state index < -0.39 is 0 Å². The summed E-state index contributed by atoms with van der Waals surface area (Å²) >= 11 is 0. The Bertz CT molecular complexity index is 476. The van der Waals surface area contributed by atoms with Crippen LogP contribution in [-0.2, 0) is 0 Å². The molecule has 116 valence electrons. The minimum atomic E-state index is 0.0323. The fourth-order valence-corrected chi connectivity index (χ4v) is 3.73. The number of rotatable bonds is 3. The minimum Gasteiger partial charge on any atom is -0.487 e. The standard InChI is InChI=1S/C18H28N2O/c1-3-11-19-16-14-18(9-6-12-20(2)13-10-18)21-17-8-5-4-7-15(16)17/h4-5,7-8,16,19H,3,6,9-14H2,1-2H3. The Balaban J connectivity index is 1.85. The lowest BCUT2D eigenvalue weighted by Crippen LogP contribution is -2.45. The number of nitrogens with one attached hydrogen (secondary N) is 1. The largest absolute Gasteiger partial charge is 0.487 e. The highest BCUT2D eigenvalue weighted by molar-refractivity contribution is 5.39. The van der Waals surface area contributed by atoms with Gasteiger partial charge in [0.15, 0.2) is 0 Å². The number of hydrogen-bond acceptors (Lipinski definition) is 3. The highest BCUT2D eigenvalue weighted by Crippen LogP contribution is 2.44. The normalized spacial score (nSPS) is 29.7. The molecular formula is C18H28N2O. The molecule has 2 heterocycles. The van der Waals surface area contributed by atoms with Gasteiger partial charge in [0.2, 0.25) is 0 Å². The van der Waals surface area contributed by atoms with Crippen molar-refractivity contribution in [3.63, 3.8) is 0 Å². The van der Waals surface area contributed by atoms with Gasteiger partial charge in [0.1, 0.15) is 11.4 Å². The van der Waals surface area contributed by atoms with Gasteiger partial charge >= 0.3 is 0 Å². The Morgan fingerprint density at radius 3 is 3.00 bits per heavy atom. The third-order valence-electron chi connectivity index (χ3n) is 4.96. The molecule has 0 aromatic heterocycles. The van der Waals surface area contributed by atoms with Crippen molar-refractivity contribution in [2.24, 2.45) is 0 Å². The molecule has 0 saturated carbocycles. The fraction of sp³-hybridized carbons (Fsp3) is 0.667. The van der Waals surface area contributed by atoms with Gasteiger partial charge in [-0.3, -0.25) is 0 Å². The van der Waals surface area contributed by atoms with Crippen molar-refractivity contribution >= 4 is 0 Å². The summed E-state index contributed by atoms with van der Waals surface area (Å²) in [6.07, 6.45) is 5.84. The predicted molar refractivity (Wildman–Crippen MR) is 86.8 cm³/mol. The Labute approximate surface area is 128 Å². The van der Waals surface area contributed by atoms with E-state index in [1.807, 2.05) is 0 Å². The van der Waals surface area contributed by atoms with Crippen molar-refractivity contribution in [1.82, 2.24) is 10.2 Å². The molecule has 3 nitrogen and oxygen atoms in total. The van der Waals surface area contributed by atoms with Crippen LogP contribution in [-0.4, -0.2) is 37.2 Å². The first-order valence-corrected chi connectivity index (χ1v) is 8.42. The predicted octanol–water partition coefficient (Wildman–Crippen LogP) is 3.36. The van der Waals surface area contributed by atoms with Gasteiger partial charge in [-0.25, -0.2) is 0 Å². The second-order valence-corrected chi connectivity index (χ2v) is 6.69. The number of hydrogen-bond donors (Lipinski definition) is 1. The second-order valence-electron chi connectivity index (χ2n) is 6.69. The van der Waals surface area contributed by atoms with Crippen LogP contribution in [0.15, 0.2) is 24.3 Å². The molecule has 0 amide bonds. The summed E-state index contributed by atoms with van der Waals surface area (Å²) in [5, 5.41) is 3.74. The minimum absolute atomic E-state index is 0.0323. The molecule has 1 N–H and O–H groups in total. The number of benzene rings is 1. The van der Waals surface area contributed by atoms with Crippen molar-refractivity contribution in [3.8, 4) is 5.75 Å². The van der Waals surface area contributed by atoms with Crippen LogP contribution in [0.25, 0.3) is 0 Å². The van der Waals surface area contributed by atoms with Crippen molar-refractivity contribution in [2.45, 2.75) is 50.7 Å². The summed E-state index contributed by atoms with van der Waals surface area (Å²) in [6.45, 7) is 5.64. The van der Waals surface area contributed by atoms with E-state index in [1.165, 1.54) is 31.4 Å². The van der Waals surface area contributed by atoms with Gasteiger partial charge in [-0.15, -0.1) is 0 Å². The van der Waals surface area contributed by atoms with Crippen LogP contribution in [0, 0.1) is 0 Å². The van der Waals surface area contributed by atoms with Gasteiger partial charge < -0.3 is 15.0 Å². The van der Waals surface area contributed by atoms with Crippen molar-refractivity contribution in [1.29, 1.82) is 0 Å². The van der Waals surface area contributed by atoms with Gasteiger partial charge in [0.05, 0.1) is 0 Å². The zero-order chi connectivity index (χ0) is 14.7. The molecular weight excluding hydrogens is 260 g/mol. The summed E-state index contributed by atoms with van der Waals surface area (Å²) in [5.74, 6) is 1.10. The average Bonchev–Trinajstić information content (AvgIpc) is 2.67. The van der Waals surface area contributed by atoms with Gasteiger partial charge in [0, 0.05) is 24.6 Å². The Hall–Kier alpha value is -1.06. The van der Waals surface area contributed by atoms with Crippen LogP contribution in [0.5, 0.6) is 5.75 Å². The molecule has 0 bridgehead atoms. The molecule has 1 saturated heterocycles. The summed E-state index contributed by atoms with van der Waals surface area (Å²) in [7, 11) is 2.22. The first-order chi connectivity index (χ1) is 10.2. The van der Waals surface area contributed by atoms with E-state index in [2.05, 4.69) is 48.5 Å². The SMILES string of the molecule is CCCNC1CC2(CCCN(C)CC2)Oc2ccccc21. The van der Waals surface area contributed by atoms with Crippen LogP contribution in [0.1, 0.15) is 50.6 Å². The molecule has 2 atom stereocenters. The van der Waals surface area contributed by atoms with Gasteiger partial charge in [-0.1, -0.05) is 25.1 Å². The molecule has 1 spiro atoms. The molecule has 21 heavy (non-hydrogen) atoms. The van der Waals surface area contributed by atoms with Gasteiger partial charge in [-0.05, 0) is 51.9 Å². The maximum absolute atomic E-state index is 6.53. The highest BCUT2D eigenvalue weighted by atomic mass is 16.5. The third kappa shape index (κ3) is 3.24. The van der Waals surface area contributed by atoms with Crippen LogP contribution < -0.4 is 10.1 Å². The summed E-state index contributed by atoms with van der Waals surface area (Å²) in [5.41, 5.74) is 1.37. The van der Waals surface area contributed by atoms with Crippen LogP contribution in [0.2, 0.25) is 0 Å². The molecule has 3 rings (SSSR count). The highest BCUT2D eigenvalue weighted by Gasteiger charge is 2.41. The number of ether oxygens (including phenoxy) is 1. The van der Waals surface area contributed by atoms with Crippen LogP contribution >= 0.6 is 0 Å². The van der Waals surface area contributed by atoms with E-state index in [4.69, 9.17) is 4.74 Å². The average molecular weight is 288 g/mol. The summed E-state index contributed by atoms with van der Waals surface area (Å²) in [6, 6.07) is 9.03. The van der Waals surface area contributed by atoms with Gasteiger partial charge in [0.25, 0.3) is 0 Å². The molecule has 0 radical (unpaired) electrons. The van der Waals surface area contributed by atoms with E-state index in [9.17, 15) is 0 Å². The van der Waals surface area contributed by atoms with E-state index in [0.29, 0.717) is 6.04 Å². The van der Waals surface area contributed by atoms with Gasteiger partial charge in [-0.2, -0.15) is 0 Å². The molecule has 0 aliphatic carbocycles. The summed E-state index contributed by atoms with van der Waals surface area (Å²) in [4.78, 5) is 2.44.